The first-order chi connectivity index (χ1) is 9.99. The average molecular weight is 327 g/mol. The Balaban J connectivity index is 2.35. The summed E-state index contributed by atoms with van der Waals surface area (Å²) >= 11 is 1.31. The number of hydrogen-bond acceptors (Lipinski definition) is 5. The highest BCUT2D eigenvalue weighted by Crippen LogP contribution is 2.09. The van der Waals surface area contributed by atoms with Crippen LogP contribution >= 0.6 is 11.9 Å². The number of rotatable bonds is 5. The summed E-state index contributed by atoms with van der Waals surface area (Å²) in [6, 6.07) is 9.02. The van der Waals surface area contributed by atoms with E-state index in [0.717, 1.165) is 0 Å². The molecule has 0 fully saturated rings. The second-order valence-electron chi connectivity index (χ2n) is 3.91. The lowest BCUT2D eigenvalue weighted by atomic mass is 10.3. The van der Waals surface area contributed by atoms with Crippen molar-refractivity contribution in [1.29, 1.82) is 0 Å². The average Bonchev–Trinajstić information content (AvgIpc) is 2.80. The van der Waals surface area contributed by atoms with Crippen LogP contribution in [0.2, 0.25) is 0 Å². The van der Waals surface area contributed by atoms with E-state index in [9.17, 15) is 8.42 Å². The molecular weight excluding hydrogens is 314 g/mol. The number of hydrogen-bond donors (Lipinski definition) is 1. The normalized spacial score (nSPS) is 13.1. The van der Waals surface area contributed by atoms with Crippen LogP contribution in [-0.2, 0) is 16.0 Å². The fourth-order valence-corrected chi connectivity index (χ4v) is 2.56. The third kappa shape index (κ3) is 4.55. The van der Waals surface area contributed by atoms with Gasteiger partial charge in [-0.15, -0.1) is 5.11 Å². The Hall–Kier alpha value is -1.91. The van der Waals surface area contributed by atoms with Crippen molar-refractivity contribution in [2.45, 2.75) is 5.88 Å². The minimum atomic E-state index is -4.16. The topological polar surface area (TPSA) is 101 Å². The zero-order valence-corrected chi connectivity index (χ0v) is 12.7. The molecule has 8 nitrogen and oxygen atoms in total. The summed E-state index contributed by atoms with van der Waals surface area (Å²) in [6.07, 6.45) is 4.90. The van der Waals surface area contributed by atoms with Crippen molar-refractivity contribution in [1.82, 2.24) is 8.54 Å². The van der Waals surface area contributed by atoms with Gasteiger partial charge in [0.25, 0.3) is 10.1 Å². The van der Waals surface area contributed by atoms with Gasteiger partial charge in [0.15, 0.2) is 5.88 Å². The van der Waals surface area contributed by atoms with Gasteiger partial charge >= 0.3 is 0 Å². The van der Waals surface area contributed by atoms with Crippen molar-refractivity contribution in [3.63, 3.8) is 0 Å². The molecule has 0 unspecified atom stereocenters. The summed E-state index contributed by atoms with van der Waals surface area (Å²) in [5.41, 5.74) is 0.879. The van der Waals surface area contributed by atoms with E-state index in [1.54, 1.807) is 28.6 Å². The first-order valence-electron chi connectivity index (χ1n) is 5.77. The minimum Gasteiger partial charge on any atom is -0.298 e. The molecular formula is C11H13N5O3S2. The first kappa shape index (κ1) is 15.5. The summed E-state index contributed by atoms with van der Waals surface area (Å²) in [5.74, 6) is -0.597. The Labute approximate surface area is 125 Å². The van der Waals surface area contributed by atoms with E-state index in [-0.39, 0.29) is 5.62 Å². The van der Waals surface area contributed by atoms with Crippen molar-refractivity contribution >= 4 is 27.8 Å². The van der Waals surface area contributed by atoms with Gasteiger partial charge in [0, 0.05) is 18.6 Å². The maximum atomic E-state index is 11.0. The van der Waals surface area contributed by atoms with Crippen LogP contribution in [-0.4, -0.2) is 27.8 Å². The summed E-state index contributed by atoms with van der Waals surface area (Å²) in [6.45, 7) is 0. The molecule has 0 aliphatic heterocycles. The summed E-state index contributed by atoms with van der Waals surface area (Å²) in [5, 5.41) is 11.5. The van der Waals surface area contributed by atoms with Gasteiger partial charge in [-0.05, 0) is 29.3 Å². The van der Waals surface area contributed by atoms with E-state index < -0.39 is 16.0 Å². The standard InChI is InChI=1S/C11H13N5O3S2/c1-20-16-8-7-15(9-21(17,18)19)11(16)13-14-12-10-5-3-2-4-6-10/h2-8H,9H2,1H3,(H,17,18,19)/b13-11+,14-12?. The molecule has 0 bridgehead atoms. The van der Waals surface area contributed by atoms with Gasteiger partial charge in [-0.25, -0.2) is 0 Å². The fourth-order valence-electron chi connectivity index (χ4n) is 1.53. The molecule has 1 aromatic carbocycles. The zero-order valence-electron chi connectivity index (χ0n) is 11.1. The molecule has 0 atom stereocenters. The molecule has 10 heteroatoms. The highest BCUT2D eigenvalue weighted by molar-refractivity contribution is 7.97. The quantitative estimate of drug-likeness (QED) is 0.514. The Kier molecular flexibility index (Phi) is 4.94. The van der Waals surface area contributed by atoms with Crippen LogP contribution < -0.4 is 5.62 Å². The van der Waals surface area contributed by atoms with E-state index in [1.165, 1.54) is 22.7 Å². The third-order valence-corrected chi connectivity index (χ3v) is 3.67. The largest absolute Gasteiger partial charge is 0.298 e. The SMILES string of the molecule is CSn1ccn(CS(=O)(=O)O)/c1=N\N=Nc1ccccc1. The number of benzene rings is 1. The Morgan fingerprint density at radius 1 is 1.24 bits per heavy atom. The first-order valence-corrected chi connectivity index (χ1v) is 8.56. The molecule has 1 aromatic heterocycles. The van der Waals surface area contributed by atoms with Crippen LogP contribution in [0.25, 0.3) is 0 Å². The molecule has 2 rings (SSSR count). The number of nitrogens with zero attached hydrogens (tertiary/aromatic N) is 5. The molecule has 0 aliphatic carbocycles. The van der Waals surface area contributed by atoms with Crippen LogP contribution in [0.15, 0.2) is 58.2 Å². The fraction of sp³-hybridized carbons (Fsp3) is 0.182. The van der Waals surface area contributed by atoms with Gasteiger partial charge in [0.1, 0.15) is 0 Å². The van der Waals surface area contributed by atoms with Crippen LogP contribution in [0, 0.1) is 0 Å². The molecule has 1 N–H and O–H groups in total. The van der Waals surface area contributed by atoms with Gasteiger partial charge in [-0.2, -0.15) is 8.42 Å². The van der Waals surface area contributed by atoms with Crippen LogP contribution in [0.5, 0.6) is 0 Å². The highest BCUT2D eigenvalue weighted by Gasteiger charge is 2.09. The lowest BCUT2D eigenvalue weighted by molar-refractivity contribution is 0.469. The summed E-state index contributed by atoms with van der Waals surface area (Å²) in [7, 11) is -4.16. The molecule has 0 radical (unpaired) electrons. The predicted octanol–water partition coefficient (Wildman–Crippen LogP) is 1.86. The molecule has 0 spiro atoms. The van der Waals surface area contributed by atoms with Gasteiger partial charge in [-0.1, -0.05) is 23.3 Å². The van der Waals surface area contributed by atoms with Gasteiger partial charge < -0.3 is 0 Å². The summed E-state index contributed by atoms with van der Waals surface area (Å²) in [4.78, 5) is 0. The van der Waals surface area contributed by atoms with Crippen molar-refractivity contribution < 1.29 is 13.0 Å². The third-order valence-electron chi connectivity index (χ3n) is 2.39. The molecule has 21 heavy (non-hydrogen) atoms. The van der Waals surface area contributed by atoms with Crippen molar-refractivity contribution in [2.24, 2.45) is 15.4 Å². The molecule has 0 saturated heterocycles. The van der Waals surface area contributed by atoms with Gasteiger partial charge in [-0.3, -0.25) is 13.1 Å². The lowest BCUT2D eigenvalue weighted by Crippen LogP contribution is -2.25. The van der Waals surface area contributed by atoms with E-state index in [4.69, 9.17) is 4.55 Å². The van der Waals surface area contributed by atoms with E-state index in [2.05, 4.69) is 15.4 Å². The second kappa shape index (κ2) is 6.70. The zero-order chi connectivity index (χ0) is 15.3. The maximum absolute atomic E-state index is 11.0. The summed E-state index contributed by atoms with van der Waals surface area (Å²) < 4.78 is 33.7. The molecule has 0 aliphatic rings. The van der Waals surface area contributed by atoms with Crippen molar-refractivity contribution in [2.75, 3.05) is 6.26 Å². The predicted molar refractivity (Wildman–Crippen MR) is 79.4 cm³/mol. The molecule has 112 valence electrons. The van der Waals surface area contributed by atoms with Crippen LogP contribution in [0.1, 0.15) is 0 Å². The van der Waals surface area contributed by atoms with E-state index in [1.807, 2.05) is 18.2 Å². The molecule has 1 heterocycles. The Bertz CT molecular complexity index is 793. The van der Waals surface area contributed by atoms with Crippen LogP contribution in [0.4, 0.5) is 5.69 Å². The number of imidazole rings is 1. The van der Waals surface area contributed by atoms with Crippen molar-refractivity contribution in [3.05, 3.63) is 48.3 Å². The minimum absolute atomic E-state index is 0.250. The van der Waals surface area contributed by atoms with Crippen LogP contribution in [0.3, 0.4) is 0 Å². The molecule has 0 saturated carbocycles. The molecule has 0 amide bonds. The van der Waals surface area contributed by atoms with Gasteiger partial charge in [0.2, 0.25) is 5.62 Å². The highest BCUT2D eigenvalue weighted by atomic mass is 32.2. The smallest absolute Gasteiger partial charge is 0.283 e. The van der Waals surface area contributed by atoms with Gasteiger partial charge in [0.05, 0.1) is 5.69 Å². The van der Waals surface area contributed by atoms with E-state index in [0.29, 0.717) is 5.69 Å². The van der Waals surface area contributed by atoms with E-state index >= 15 is 0 Å². The maximum Gasteiger partial charge on any atom is 0.283 e. The second-order valence-corrected chi connectivity index (χ2v) is 6.09. The van der Waals surface area contributed by atoms with Crippen molar-refractivity contribution in [3.8, 4) is 0 Å². The lowest BCUT2D eigenvalue weighted by Gasteiger charge is -1.99. The number of aromatic nitrogens is 2. The Morgan fingerprint density at radius 2 is 1.95 bits per heavy atom. The monoisotopic (exact) mass is 327 g/mol. The Morgan fingerprint density at radius 3 is 2.57 bits per heavy atom. The molecule has 2 aromatic rings.